The van der Waals surface area contributed by atoms with Crippen molar-refractivity contribution in [3.63, 3.8) is 0 Å². The summed E-state index contributed by atoms with van der Waals surface area (Å²) < 4.78 is 5.24. The van der Waals surface area contributed by atoms with Gasteiger partial charge in [0.15, 0.2) is 0 Å². The van der Waals surface area contributed by atoms with Crippen molar-refractivity contribution in [1.29, 1.82) is 5.26 Å². The zero-order chi connectivity index (χ0) is 13.3. The van der Waals surface area contributed by atoms with Gasteiger partial charge in [0.25, 0.3) is 0 Å². The Labute approximate surface area is 119 Å². The first-order chi connectivity index (χ1) is 9.15. The van der Waals surface area contributed by atoms with Crippen molar-refractivity contribution in [1.82, 2.24) is 0 Å². The van der Waals surface area contributed by atoms with Crippen molar-refractivity contribution in [2.45, 2.75) is 42.2 Å². The van der Waals surface area contributed by atoms with Crippen LogP contribution in [0.15, 0.2) is 29.2 Å². The average molecular weight is 273 g/mol. The van der Waals surface area contributed by atoms with Crippen LogP contribution in [-0.4, -0.2) is 18.0 Å². The number of aryl methyl sites for hydroxylation is 1. The Morgan fingerprint density at radius 3 is 2.37 bits per heavy atom. The minimum absolute atomic E-state index is 0.202. The molecule has 2 fully saturated rings. The second kappa shape index (κ2) is 4.85. The summed E-state index contributed by atoms with van der Waals surface area (Å²) in [4.78, 5) is 1.22. The largest absolute Gasteiger partial charge is 0.381 e. The van der Waals surface area contributed by atoms with Gasteiger partial charge in [0.05, 0.1) is 6.07 Å². The number of hydrogen-bond acceptors (Lipinski definition) is 3. The normalized spacial score (nSPS) is 23.6. The van der Waals surface area contributed by atoms with Crippen LogP contribution in [0.25, 0.3) is 0 Å². The quantitative estimate of drug-likeness (QED) is 0.818. The van der Waals surface area contributed by atoms with Crippen LogP contribution in [0, 0.1) is 23.7 Å². The number of nitrogens with zero attached hydrogens (tertiary/aromatic N) is 1. The third kappa shape index (κ3) is 2.52. The Morgan fingerprint density at radius 2 is 1.79 bits per heavy atom. The molecule has 0 unspecified atom stereocenters. The standard InChI is InChI=1S/C16H19NOS/c1-13-2-4-14(5-3-13)19-16(12-17)10-15(11-16)6-8-18-9-7-15/h2-5H,6-11H2,1H3. The lowest BCUT2D eigenvalue weighted by atomic mass is 9.58. The van der Waals surface area contributed by atoms with Crippen LogP contribution in [0.4, 0.5) is 0 Å². The Balaban J connectivity index is 1.69. The summed E-state index contributed by atoms with van der Waals surface area (Å²) in [5, 5.41) is 9.56. The predicted octanol–water partition coefficient (Wildman–Crippen LogP) is 3.94. The van der Waals surface area contributed by atoms with E-state index in [1.54, 1.807) is 11.8 Å². The van der Waals surface area contributed by atoms with Gasteiger partial charge >= 0.3 is 0 Å². The number of nitriles is 1. The molecule has 1 heterocycles. The van der Waals surface area contributed by atoms with Gasteiger partial charge in [0, 0.05) is 18.1 Å². The molecule has 1 saturated carbocycles. The first-order valence-electron chi connectivity index (χ1n) is 6.90. The molecule has 3 heteroatoms. The fourth-order valence-corrected chi connectivity index (χ4v) is 4.85. The number of benzene rings is 1. The maximum atomic E-state index is 9.56. The molecule has 0 aromatic heterocycles. The van der Waals surface area contributed by atoms with Gasteiger partial charge in [0.1, 0.15) is 4.75 Å². The minimum Gasteiger partial charge on any atom is -0.381 e. The van der Waals surface area contributed by atoms with E-state index >= 15 is 0 Å². The molecular formula is C16H19NOS. The van der Waals surface area contributed by atoms with E-state index in [4.69, 9.17) is 4.74 Å². The van der Waals surface area contributed by atoms with E-state index in [9.17, 15) is 5.26 Å². The maximum Gasteiger partial charge on any atom is 0.108 e. The Bertz CT molecular complexity index is 488. The van der Waals surface area contributed by atoms with Gasteiger partial charge < -0.3 is 4.74 Å². The minimum atomic E-state index is -0.202. The van der Waals surface area contributed by atoms with Crippen molar-refractivity contribution in [3.05, 3.63) is 29.8 Å². The molecule has 0 amide bonds. The van der Waals surface area contributed by atoms with E-state index < -0.39 is 0 Å². The first-order valence-corrected chi connectivity index (χ1v) is 7.72. The Kier molecular flexibility index (Phi) is 3.32. The molecule has 0 radical (unpaired) electrons. The van der Waals surface area contributed by atoms with E-state index in [2.05, 4.69) is 37.3 Å². The van der Waals surface area contributed by atoms with Crippen LogP contribution in [0.5, 0.6) is 0 Å². The van der Waals surface area contributed by atoms with Crippen molar-refractivity contribution >= 4 is 11.8 Å². The molecule has 1 aliphatic carbocycles. The molecule has 1 saturated heterocycles. The van der Waals surface area contributed by atoms with Crippen molar-refractivity contribution in [3.8, 4) is 6.07 Å². The van der Waals surface area contributed by atoms with Gasteiger partial charge in [-0.2, -0.15) is 5.26 Å². The highest BCUT2D eigenvalue weighted by molar-refractivity contribution is 8.01. The fourth-order valence-electron chi connectivity index (χ4n) is 3.32. The maximum absolute atomic E-state index is 9.56. The smallest absolute Gasteiger partial charge is 0.108 e. The third-order valence-corrected chi connectivity index (χ3v) is 5.69. The fraction of sp³-hybridized carbons (Fsp3) is 0.562. The summed E-state index contributed by atoms with van der Waals surface area (Å²) in [6, 6.07) is 11.1. The molecule has 1 aromatic carbocycles. The van der Waals surface area contributed by atoms with Crippen molar-refractivity contribution in [2.24, 2.45) is 5.41 Å². The van der Waals surface area contributed by atoms with Crippen LogP contribution in [0.3, 0.4) is 0 Å². The molecule has 1 spiro atoms. The van der Waals surface area contributed by atoms with Crippen LogP contribution in [-0.2, 0) is 4.74 Å². The zero-order valence-electron chi connectivity index (χ0n) is 11.3. The summed E-state index contributed by atoms with van der Waals surface area (Å²) in [6.07, 6.45) is 4.31. The average Bonchev–Trinajstić information content (AvgIpc) is 2.40. The second-order valence-electron chi connectivity index (χ2n) is 5.99. The summed E-state index contributed by atoms with van der Waals surface area (Å²) >= 11 is 1.75. The lowest BCUT2D eigenvalue weighted by molar-refractivity contribution is -0.0364. The first kappa shape index (κ1) is 13.0. The van der Waals surface area contributed by atoms with E-state index in [0.717, 1.165) is 38.9 Å². The topological polar surface area (TPSA) is 33.0 Å². The lowest BCUT2D eigenvalue weighted by Crippen LogP contribution is -2.51. The summed E-state index contributed by atoms with van der Waals surface area (Å²) in [6.45, 7) is 3.84. The van der Waals surface area contributed by atoms with E-state index in [-0.39, 0.29) is 4.75 Å². The van der Waals surface area contributed by atoms with Gasteiger partial charge in [-0.15, -0.1) is 11.8 Å². The Hall–Kier alpha value is -0.980. The number of thioether (sulfide) groups is 1. The number of rotatable bonds is 2. The summed E-state index contributed by atoms with van der Waals surface area (Å²) in [7, 11) is 0. The van der Waals surface area contributed by atoms with Gasteiger partial charge in [-0.25, -0.2) is 0 Å². The molecule has 1 aliphatic heterocycles. The van der Waals surface area contributed by atoms with Crippen LogP contribution in [0.2, 0.25) is 0 Å². The molecule has 19 heavy (non-hydrogen) atoms. The van der Waals surface area contributed by atoms with Crippen LogP contribution >= 0.6 is 11.8 Å². The van der Waals surface area contributed by atoms with Crippen LogP contribution < -0.4 is 0 Å². The van der Waals surface area contributed by atoms with Crippen molar-refractivity contribution < 1.29 is 4.74 Å². The highest BCUT2D eigenvalue weighted by Gasteiger charge is 2.55. The molecule has 0 bridgehead atoms. The number of ether oxygens (including phenoxy) is 1. The van der Waals surface area contributed by atoms with Gasteiger partial charge in [0.2, 0.25) is 0 Å². The molecule has 0 atom stereocenters. The molecule has 100 valence electrons. The number of hydrogen-bond donors (Lipinski definition) is 0. The van der Waals surface area contributed by atoms with Crippen molar-refractivity contribution in [2.75, 3.05) is 13.2 Å². The highest BCUT2D eigenvalue weighted by Crippen LogP contribution is 2.61. The van der Waals surface area contributed by atoms with E-state index in [0.29, 0.717) is 5.41 Å². The molecular weight excluding hydrogens is 254 g/mol. The SMILES string of the molecule is Cc1ccc(SC2(C#N)CC3(CCOCC3)C2)cc1. The lowest BCUT2D eigenvalue weighted by Gasteiger charge is -2.54. The van der Waals surface area contributed by atoms with E-state index in [1.165, 1.54) is 10.5 Å². The van der Waals surface area contributed by atoms with Gasteiger partial charge in [-0.1, -0.05) is 17.7 Å². The highest BCUT2D eigenvalue weighted by atomic mass is 32.2. The molecule has 0 N–H and O–H groups in total. The molecule has 3 rings (SSSR count). The summed E-state index contributed by atoms with van der Waals surface area (Å²) in [5.41, 5.74) is 1.66. The third-order valence-electron chi connectivity index (χ3n) is 4.41. The predicted molar refractivity (Wildman–Crippen MR) is 77.1 cm³/mol. The van der Waals surface area contributed by atoms with Crippen LogP contribution in [0.1, 0.15) is 31.2 Å². The van der Waals surface area contributed by atoms with Gasteiger partial charge in [-0.3, -0.25) is 0 Å². The summed E-state index contributed by atoms with van der Waals surface area (Å²) in [5.74, 6) is 0. The Morgan fingerprint density at radius 1 is 1.16 bits per heavy atom. The van der Waals surface area contributed by atoms with Gasteiger partial charge in [-0.05, 0) is 50.2 Å². The zero-order valence-corrected chi connectivity index (χ0v) is 12.1. The molecule has 2 aliphatic rings. The molecule has 1 aromatic rings. The molecule has 2 nitrogen and oxygen atoms in total. The van der Waals surface area contributed by atoms with E-state index in [1.807, 2.05) is 0 Å². The second-order valence-corrected chi connectivity index (χ2v) is 7.44. The monoisotopic (exact) mass is 273 g/mol.